The fourth-order valence-electron chi connectivity index (χ4n) is 1.21. The van der Waals surface area contributed by atoms with Crippen LogP contribution in [0.15, 0.2) is 49.1 Å². The molecule has 0 fully saturated rings. The number of thiol groups is 1. The monoisotopic (exact) mass is 178 g/mol. The Morgan fingerprint density at radius 2 is 2.17 bits per heavy atom. The first-order valence-electron chi connectivity index (χ1n) is 4.02. The zero-order chi connectivity index (χ0) is 9.03. The molecule has 0 N–H and O–H groups in total. The summed E-state index contributed by atoms with van der Waals surface area (Å²) in [7, 11) is 0. The van der Waals surface area contributed by atoms with Gasteiger partial charge in [0, 0.05) is 11.2 Å². The van der Waals surface area contributed by atoms with Gasteiger partial charge in [-0.05, 0) is 12.0 Å². The first-order valence-corrected chi connectivity index (χ1v) is 4.66. The number of allylic oxidation sites excluding steroid dienone is 5. The Hall–Kier alpha value is -0.690. The van der Waals surface area contributed by atoms with Crippen LogP contribution >= 0.6 is 12.6 Å². The van der Waals surface area contributed by atoms with Gasteiger partial charge in [-0.1, -0.05) is 30.4 Å². The molecule has 0 heterocycles. The molecule has 0 aromatic heterocycles. The molecule has 0 aromatic carbocycles. The third-order valence-corrected chi connectivity index (χ3v) is 2.63. The average Bonchev–Trinajstić information content (AvgIpc) is 2.18. The standard InChI is InChI=1S/C11H14S/c1-3-11(4-2)7-5-10(9-12)6-8-11/h3-7,12H,1-2,8-9H2. The number of hydrogen-bond acceptors (Lipinski definition) is 1. The van der Waals surface area contributed by atoms with E-state index in [-0.39, 0.29) is 5.41 Å². The smallest absolute Gasteiger partial charge is 0.0274 e. The van der Waals surface area contributed by atoms with Crippen LogP contribution in [-0.4, -0.2) is 5.75 Å². The van der Waals surface area contributed by atoms with Crippen molar-refractivity contribution < 1.29 is 0 Å². The normalized spacial score (nSPS) is 19.9. The fraction of sp³-hybridized carbons (Fsp3) is 0.273. The van der Waals surface area contributed by atoms with Gasteiger partial charge in [-0.3, -0.25) is 0 Å². The maximum Gasteiger partial charge on any atom is 0.0274 e. The molecule has 1 aliphatic carbocycles. The molecule has 0 saturated heterocycles. The Balaban J connectivity index is 2.81. The molecule has 64 valence electrons. The summed E-state index contributed by atoms with van der Waals surface area (Å²) in [4.78, 5) is 0. The highest BCUT2D eigenvalue weighted by Gasteiger charge is 2.19. The van der Waals surface area contributed by atoms with Crippen LogP contribution in [0.25, 0.3) is 0 Å². The molecule has 1 rings (SSSR count). The van der Waals surface area contributed by atoms with Gasteiger partial charge in [0.15, 0.2) is 0 Å². The minimum atomic E-state index is -0.0214. The van der Waals surface area contributed by atoms with Crippen molar-refractivity contribution in [2.45, 2.75) is 6.42 Å². The van der Waals surface area contributed by atoms with Gasteiger partial charge < -0.3 is 0 Å². The zero-order valence-corrected chi connectivity index (χ0v) is 8.06. The Bertz CT molecular complexity index is 238. The van der Waals surface area contributed by atoms with Crippen molar-refractivity contribution in [1.29, 1.82) is 0 Å². The highest BCUT2D eigenvalue weighted by molar-refractivity contribution is 7.80. The van der Waals surface area contributed by atoms with E-state index in [1.54, 1.807) is 0 Å². The van der Waals surface area contributed by atoms with E-state index < -0.39 is 0 Å². The van der Waals surface area contributed by atoms with Gasteiger partial charge in [-0.2, -0.15) is 12.6 Å². The molecule has 0 bridgehead atoms. The van der Waals surface area contributed by atoms with E-state index in [1.165, 1.54) is 5.57 Å². The van der Waals surface area contributed by atoms with Crippen LogP contribution in [0, 0.1) is 5.41 Å². The summed E-state index contributed by atoms with van der Waals surface area (Å²) < 4.78 is 0. The molecule has 0 radical (unpaired) electrons. The minimum absolute atomic E-state index is 0.0214. The van der Waals surface area contributed by atoms with Crippen LogP contribution in [0.4, 0.5) is 0 Å². The topological polar surface area (TPSA) is 0 Å². The second-order valence-electron chi connectivity index (χ2n) is 3.00. The lowest BCUT2D eigenvalue weighted by Crippen LogP contribution is -2.12. The van der Waals surface area contributed by atoms with E-state index in [9.17, 15) is 0 Å². The second-order valence-corrected chi connectivity index (χ2v) is 3.31. The van der Waals surface area contributed by atoms with Crippen LogP contribution in [0.3, 0.4) is 0 Å². The molecule has 0 amide bonds. The van der Waals surface area contributed by atoms with Crippen molar-refractivity contribution in [3.05, 3.63) is 49.1 Å². The predicted octanol–water partition coefficient (Wildman–Crippen LogP) is 3.16. The van der Waals surface area contributed by atoms with Gasteiger partial charge >= 0.3 is 0 Å². The molecular formula is C11H14S. The van der Waals surface area contributed by atoms with Crippen molar-refractivity contribution in [2.75, 3.05) is 5.75 Å². The Labute approximate surface area is 79.8 Å². The lowest BCUT2D eigenvalue weighted by atomic mass is 9.80. The van der Waals surface area contributed by atoms with E-state index in [0.717, 1.165) is 12.2 Å². The summed E-state index contributed by atoms with van der Waals surface area (Å²) >= 11 is 4.21. The van der Waals surface area contributed by atoms with Crippen LogP contribution in [-0.2, 0) is 0 Å². The van der Waals surface area contributed by atoms with Crippen molar-refractivity contribution in [3.63, 3.8) is 0 Å². The first kappa shape index (κ1) is 9.40. The van der Waals surface area contributed by atoms with E-state index in [1.807, 2.05) is 12.2 Å². The number of rotatable bonds is 3. The molecule has 0 unspecified atom stereocenters. The van der Waals surface area contributed by atoms with Crippen molar-refractivity contribution >= 4 is 12.6 Å². The van der Waals surface area contributed by atoms with Crippen LogP contribution in [0.2, 0.25) is 0 Å². The Morgan fingerprint density at radius 1 is 1.50 bits per heavy atom. The van der Waals surface area contributed by atoms with Gasteiger partial charge in [0.05, 0.1) is 0 Å². The first-order chi connectivity index (χ1) is 5.76. The fourth-order valence-corrected chi connectivity index (χ4v) is 1.44. The van der Waals surface area contributed by atoms with Gasteiger partial charge in [0.25, 0.3) is 0 Å². The third kappa shape index (κ3) is 1.72. The predicted molar refractivity (Wildman–Crippen MR) is 58.5 cm³/mol. The molecule has 0 spiro atoms. The molecular weight excluding hydrogens is 164 g/mol. The molecule has 1 heteroatoms. The minimum Gasteiger partial charge on any atom is -0.175 e. The summed E-state index contributed by atoms with van der Waals surface area (Å²) in [5, 5.41) is 0. The third-order valence-electron chi connectivity index (χ3n) is 2.27. The SMILES string of the molecule is C=CC1(C=C)C=CC(CS)=CC1. The molecule has 1 aliphatic rings. The van der Waals surface area contributed by atoms with Crippen molar-refractivity contribution in [1.82, 2.24) is 0 Å². The summed E-state index contributed by atoms with van der Waals surface area (Å²) in [6.45, 7) is 7.61. The quantitative estimate of drug-likeness (QED) is 0.498. The van der Waals surface area contributed by atoms with Crippen LogP contribution < -0.4 is 0 Å². The van der Waals surface area contributed by atoms with E-state index >= 15 is 0 Å². The molecule has 0 nitrogen and oxygen atoms in total. The lowest BCUT2D eigenvalue weighted by Gasteiger charge is -2.24. The summed E-state index contributed by atoms with van der Waals surface area (Å²) in [6.07, 6.45) is 11.3. The lowest BCUT2D eigenvalue weighted by molar-refractivity contribution is 0.634. The van der Waals surface area contributed by atoms with Crippen molar-refractivity contribution in [2.24, 2.45) is 5.41 Å². The largest absolute Gasteiger partial charge is 0.175 e. The molecule has 12 heavy (non-hydrogen) atoms. The molecule has 0 saturated carbocycles. The average molecular weight is 178 g/mol. The van der Waals surface area contributed by atoms with Gasteiger partial charge in [-0.25, -0.2) is 0 Å². The van der Waals surface area contributed by atoms with E-state index in [0.29, 0.717) is 0 Å². The maximum absolute atomic E-state index is 4.21. The number of hydrogen-bond donors (Lipinski definition) is 1. The summed E-state index contributed by atoms with van der Waals surface area (Å²) in [6, 6.07) is 0. The Morgan fingerprint density at radius 3 is 2.50 bits per heavy atom. The van der Waals surface area contributed by atoms with Crippen LogP contribution in [0.5, 0.6) is 0 Å². The van der Waals surface area contributed by atoms with Gasteiger partial charge in [-0.15, -0.1) is 13.2 Å². The maximum atomic E-state index is 4.21. The summed E-state index contributed by atoms with van der Waals surface area (Å²) in [5.74, 6) is 0.806. The molecule has 0 atom stereocenters. The van der Waals surface area contributed by atoms with E-state index in [4.69, 9.17) is 0 Å². The van der Waals surface area contributed by atoms with Gasteiger partial charge in [0.1, 0.15) is 0 Å². The van der Waals surface area contributed by atoms with Crippen LogP contribution in [0.1, 0.15) is 6.42 Å². The zero-order valence-electron chi connectivity index (χ0n) is 7.16. The Kier molecular flexibility index (Phi) is 2.99. The second kappa shape index (κ2) is 3.81. The summed E-state index contributed by atoms with van der Waals surface area (Å²) in [5.41, 5.74) is 1.25. The highest BCUT2D eigenvalue weighted by Crippen LogP contribution is 2.32. The van der Waals surface area contributed by atoms with E-state index in [2.05, 4.69) is 44.0 Å². The molecule has 0 aliphatic heterocycles. The van der Waals surface area contributed by atoms with Crippen molar-refractivity contribution in [3.8, 4) is 0 Å². The van der Waals surface area contributed by atoms with Gasteiger partial charge in [0.2, 0.25) is 0 Å². The molecule has 0 aromatic rings. The highest BCUT2D eigenvalue weighted by atomic mass is 32.1.